The van der Waals surface area contributed by atoms with Crippen molar-refractivity contribution in [3.05, 3.63) is 66.2 Å². The number of aromatic nitrogens is 4. The number of rotatable bonds is 5. The van der Waals surface area contributed by atoms with E-state index in [0.29, 0.717) is 22.2 Å². The van der Waals surface area contributed by atoms with Crippen LogP contribution >= 0.6 is 0 Å². The first kappa shape index (κ1) is 24.2. The SMILES string of the molecule is FC(F)(F)Oc1cc(-c2ccc3[nH]c([C@@H]4CCCN4)nc3c2)ccc1-c1ccc2[nH]c([C@@H]3CCCN3)nc2c1. The molecule has 2 aliphatic rings. The van der Waals surface area contributed by atoms with Crippen LogP contribution in [0.1, 0.15) is 49.4 Å². The second kappa shape index (κ2) is 9.39. The molecule has 4 N–H and O–H groups in total. The number of halogens is 3. The number of imidazole rings is 2. The Labute approximate surface area is 222 Å². The smallest absolute Gasteiger partial charge is 0.405 e. The Bertz CT molecular complexity index is 1660. The summed E-state index contributed by atoms with van der Waals surface area (Å²) >= 11 is 0. The van der Waals surface area contributed by atoms with Gasteiger partial charge in [-0.1, -0.05) is 24.3 Å². The molecule has 2 aliphatic heterocycles. The fourth-order valence-electron chi connectivity index (χ4n) is 5.71. The molecule has 4 heterocycles. The van der Waals surface area contributed by atoms with E-state index in [4.69, 9.17) is 9.97 Å². The Hall–Kier alpha value is -3.89. The predicted molar refractivity (Wildman–Crippen MR) is 143 cm³/mol. The summed E-state index contributed by atoms with van der Waals surface area (Å²) in [4.78, 5) is 16.2. The van der Waals surface area contributed by atoms with Crippen molar-refractivity contribution in [3.63, 3.8) is 0 Å². The van der Waals surface area contributed by atoms with Gasteiger partial charge in [0.05, 0.1) is 34.2 Å². The molecule has 0 bridgehead atoms. The molecule has 0 aliphatic carbocycles. The van der Waals surface area contributed by atoms with Crippen LogP contribution in [0.25, 0.3) is 44.3 Å². The lowest BCUT2D eigenvalue weighted by molar-refractivity contribution is -0.274. The molecule has 2 aromatic heterocycles. The van der Waals surface area contributed by atoms with Gasteiger partial charge < -0.3 is 25.3 Å². The lowest BCUT2D eigenvalue weighted by atomic mass is 9.98. The van der Waals surface area contributed by atoms with Gasteiger partial charge in [-0.15, -0.1) is 13.2 Å². The average Bonchev–Trinajstić information content (AvgIpc) is 3.72. The van der Waals surface area contributed by atoms with Crippen molar-refractivity contribution in [2.24, 2.45) is 0 Å². The number of benzene rings is 3. The maximum absolute atomic E-state index is 13.5. The maximum atomic E-state index is 13.5. The lowest BCUT2D eigenvalue weighted by Gasteiger charge is -2.15. The number of aromatic amines is 2. The van der Waals surface area contributed by atoms with Crippen molar-refractivity contribution in [1.29, 1.82) is 0 Å². The molecule has 200 valence electrons. The number of hydrogen-bond donors (Lipinski definition) is 4. The van der Waals surface area contributed by atoms with Gasteiger partial charge in [-0.05, 0) is 85.8 Å². The van der Waals surface area contributed by atoms with Crippen molar-refractivity contribution >= 4 is 22.1 Å². The molecular formula is C29H27F3N6O. The van der Waals surface area contributed by atoms with E-state index in [-0.39, 0.29) is 17.8 Å². The first-order valence-electron chi connectivity index (χ1n) is 13.3. The van der Waals surface area contributed by atoms with Crippen molar-refractivity contribution in [1.82, 2.24) is 30.6 Å². The number of ether oxygens (including phenoxy) is 1. The van der Waals surface area contributed by atoms with Gasteiger partial charge >= 0.3 is 6.36 Å². The molecule has 2 atom stereocenters. The summed E-state index contributed by atoms with van der Waals surface area (Å²) in [7, 11) is 0. The Morgan fingerprint density at radius 2 is 1.23 bits per heavy atom. The van der Waals surface area contributed by atoms with E-state index in [9.17, 15) is 13.2 Å². The van der Waals surface area contributed by atoms with Gasteiger partial charge in [0.15, 0.2) is 0 Å². The maximum Gasteiger partial charge on any atom is 0.573 e. The van der Waals surface area contributed by atoms with E-state index in [0.717, 1.165) is 72.5 Å². The first-order valence-corrected chi connectivity index (χ1v) is 13.3. The van der Waals surface area contributed by atoms with Crippen LogP contribution in [0.5, 0.6) is 5.75 Å². The Kier molecular flexibility index (Phi) is 5.82. The molecule has 10 heteroatoms. The molecule has 39 heavy (non-hydrogen) atoms. The summed E-state index contributed by atoms with van der Waals surface area (Å²) in [5, 5.41) is 6.85. The molecule has 7 nitrogen and oxygen atoms in total. The van der Waals surface area contributed by atoms with Gasteiger partial charge in [0, 0.05) is 5.56 Å². The van der Waals surface area contributed by atoms with Gasteiger partial charge in [0.1, 0.15) is 17.4 Å². The number of H-pyrrole nitrogens is 2. The summed E-state index contributed by atoms with van der Waals surface area (Å²) in [6.45, 7) is 1.91. The van der Waals surface area contributed by atoms with Crippen molar-refractivity contribution in [3.8, 4) is 28.0 Å². The van der Waals surface area contributed by atoms with Crippen LogP contribution in [0, 0.1) is 0 Å². The highest BCUT2D eigenvalue weighted by Gasteiger charge is 2.32. The summed E-state index contributed by atoms with van der Waals surface area (Å²) in [5.74, 6) is 1.48. The molecule has 0 saturated carbocycles. The molecule has 0 spiro atoms. The molecule has 0 amide bonds. The van der Waals surface area contributed by atoms with E-state index in [1.165, 1.54) is 6.07 Å². The van der Waals surface area contributed by atoms with Gasteiger partial charge in [0.2, 0.25) is 0 Å². The van der Waals surface area contributed by atoms with Crippen LogP contribution in [0.3, 0.4) is 0 Å². The Balaban J connectivity index is 1.25. The van der Waals surface area contributed by atoms with Crippen LogP contribution in [0.2, 0.25) is 0 Å². The number of alkyl halides is 3. The van der Waals surface area contributed by atoms with Crippen LogP contribution in [0.4, 0.5) is 13.2 Å². The topological polar surface area (TPSA) is 90.6 Å². The zero-order valence-corrected chi connectivity index (χ0v) is 21.0. The molecule has 0 radical (unpaired) electrons. The standard InChI is InChI=1S/C29H27F3N6O/c30-29(31,32)39-26-15-17(16-6-9-20-24(13-16)37-27(35-20)22-3-1-11-33-22)5-8-19(26)18-7-10-21-25(14-18)38-28(36-21)23-4-2-12-34-23/h5-10,13-15,22-23,33-34H,1-4,11-12H2,(H,35,37)(H,36,38)/t22-,23-/m0/s1. The third kappa shape index (κ3) is 4.74. The fourth-order valence-corrected chi connectivity index (χ4v) is 5.71. The second-order valence-electron chi connectivity index (χ2n) is 10.3. The Morgan fingerprint density at radius 3 is 1.79 bits per heavy atom. The van der Waals surface area contributed by atoms with E-state index in [1.54, 1.807) is 18.2 Å². The van der Waals surface area contributed by atoms with Gasteiger partial charge in [0.25, 0.3) is 0 Å². The lowest BCUT2D eigenvalue weighted by Crippen LogP contribution is -2.17. The van der Waals surface area contributed by atoms with E-state index >= 15 is 0 Å². The summed E-state index contributed by atoms with van der Waals surface area (Å²) < 4.78 is 45.0. The largest absolute Gasteiger partial charge is 0.573 e. The fraction of sp³-hybridized carbons (Fsp3) is 0.310. The van der Waals surface area contributed by atoms with Crippen LogP contribution in [-0.2, 0) is 0 Å². The van der Waals surface area contributed by atoms with E-state index in [2.05, 4.69) is 25.3 Å². The van der Waals surface area contributed by atoms with Crippen LogP contribution in [-0.4, -0.2) is 39.4 Å². The minimum Gasteiger partial charge on any atom is -0.405 e. The molecule has 2 saturated heterocycles. The first-order chi connectivity index (χ1) is 18.9. The molecule has 0 unspecified atom stereocenters. The zero-order valence-electron chi connectivity index (χ0n) is 21.0. The molecule has 7 rings (SSSR count). The summed E-state index contributed by atoms with van der Waals surface area (Å²) in [6.07, 6.45) is -0.618. The average molecular weight is 533 g/mol. The van der Waals surface area contributed by atoms with Gasteiger partial charge in [-0.25, -0.2) is 9.97 Å². The highest BCUT2D eigenvalue weighted by atomic mass is 19.4. The summed E-state index contributed by atoms with van der Waals surface area (Å²) in [5.41, 5.74) is 5.53. The molecule has 5 aromatic rings. The second-order valence-corrected chi connectivity index (χ2v) is 10.3. The third-order valence-electron chi connectivity index (χ3n) is 7.64. The number of nitrogens with one attached hydrogen (secondary N) is 4. The number of hydrogen-bond acceptors (Lipinski definition) is 5. The normalized spacial score (nSPS) is 19.9. The van der Waals surface area contributed by atoms with Gasteiger partial charge in [-0.3, -0.25) is 0 Å². The van der Waals surface area contributed by atoms with Crippen molar-refractivity contribution < 1.29 is 17.9 Å². The zero-order chi connectivity index (χ0) is 26.6. The highest BCUT2D eigenvalue weighted by Crippen LogP contribution is 2.39. The molecular weight excluding hydrogens is 505 g/mol. The molecule has 2 fully saturated rings. The Morgan fingerprint density at radius 1 is 0.692 bits per heavy atom. The van der Waals surface area contributed by atoms with E-state index < -0.39 is 6.36 Å². The molecule has 3 aromatic carbocycles. The predicted octanol–water partition coefficient (Wildman–Crippen LogP) is 6.52. The number of fused-ring (bicyclic) bond motifs is 2. The van der Waals surface area contributed by atoms with Crippen LogP contribution < -0.4 is 15.4 Å². The van der Waals surface area contributed by atoms with Gasteiger partial charge in [-0.2, -0.15) is 0 Å². The summed E-state index contributed by atoms with van der Waals surface area (Å²) in [6, 6.07) is 16.4. The third-order valence-corrected chi connectivity index (χ3v) is 7.64. The minimum absolute atomic E-state index is 0.168. The minimum atomic E-state index is -4.83. The van der Waals surface area contributed by atoms with E-state index in [1.807, 2.05) is 30.3 Å². The monoisotopic (exact) mass is 532 g/mol. The number of nitrogens with zero attached hydrogens (tertiary/aromatic N) is 2. The van der Waals surface area contributed by atoms with Crippen LogP contribution in [0.15, 0.2) is 54.6 Å². The quantitative estimate of drug-likeness (QED) is 0.207. The van der Waals surface area contributed by atoms with Crippen molar-refractivity contribution in [2.75, 3.05) is 13.1 Å². The highest BCUT2D eigenvalue weighted by molar-refractivity contribution is 5.86. The van der Waals surface area contributed by atoms with Crippen molar-refractivity contribution in [2.45, 2.75) is 44.1 Å².